The number of pyridine rings is 1. The predicted molar refractivity (Wildman–Crippen MR) is 84.8 cm³/mol. The molecule has 0 amide bonds. The molecule has 21 heavy (non-hydrogen) atoms. The van der Waals surface area contributed by atoms with Crippen LogP contribution in [-0.4, -0.2) is 24.1 Å². The highest BCUT2D eigenvalue weighted by atomic mass is 16.5. The lowest BCUT2D eigenvalue weighted by atomic mass is 10.0. The van der Waals surface area contributed by atoms with Crippen LogP contribution in [0.15, 0.2) is 35.5 Å². The molecule has 0 saturated heterocycles. The summed E-state index contributed by atoms with van der Waals surface area (Å²) < 4.78 is 5.83. The number of aryl methyl sites for hydroxylation is 1. The second-order valence-corrected chi connectivity index (χ2v) is 5.08. The first-order valence-corrected chi connectivity index (χ1v) is 6.74. The Balaban J connectivity index is 2.61. The highest BCUT2D eigenvalue weighted by molar-refractivity contribution is 5.86. The lowest BCUT2D eigenvalue weighted by Gasteiger charge is -2.17. The number of nitrogens with zero attached hydrogens (tertiary/aromatic N) is 2. The fraction of sp³-hybridized carbons (Fsp3) is 0.235. The number of hydrogen-bond acceptors (Lipinski definition) is 4. The summed E-state index contributed by atoms with van der Waals surface area (Å²) in [6, 6.07) is 7.46. The topological polar surface area (TPSA) is 51.5 Å². The molecule has 0 fully saturated rings. The molecule has 108 valence electrons. The first-order valence-electron chi connectivity index (χ1n) is 6.74. The maximum absolute atomic E-state index is 11.3. The van der Waals surface area contributed by atoms with Crippen molar-refractivity contribution in [1.29, 1.82) is 0 Å². The van der Waals surface area contributed by atoms with Crippen LogP contribution >= 0.6 is 0 Å². The van der Waals surface area contributed by atoms with Crippen LogP contribution < -0.4 is 4.74 Å². The molecule has 0 saturated carbocycles. The Kier molecular flexibility index (Phi) is 4.48. The molecule has 1 aromatic heterocycles. The van der Waals surface area contributed by atoms with E-state index in [1.165, 1.54) is 0 Å². The van der Waals surface area contributed by atoms with Gasteiger partial charge in [0.25, 0.3) is 0 Å². The van der Waals surface area contributed by atoms with Crippen LogP contribution in [0, 0.1) is 6.92 Å². The van der Waals surface area contributed by atoms with Gasteiger partial charge in [0.15, 0.2) is 6.29 Å². The van der Waals surface area contributed by atoms with Crippen molar-refractivity contribution in [2.75, 3.05) is 0 Å². The number of aliphatic imine (C=N–C) groups is 1. The first kappa shape index (κ1) is 14.9. The average molecular weight is 282 g/mol. The van der Waals surface area contributed by atoms with Gasteiger partial charge in [-0.25, -0.2) is 0 Å². The summed E-state index contributed by atoms with van der Waals surface area (Å²) in [5, 5.41) is 0. The van der Waals surface area contributed by atoms with Gasteiger partial charge in [-0.15, -0.1) is 0 Å². The van der Waals surface area contributed by atoms with Crippen molar-refractivity contribution in [2.24, 2.45) is 4.99 Å². The van der Waals surface area contributed by atoms with E-state index in [2.05, 4.69) is 16.7 Å². The monoisotopic (exact) mass is 282 g/mol. The van der Waals surface area contributed by atoms with E-state index in [9.17, 15) is 4.79 Å². The first-order chi connectivity index (χ1) is 10.0. The SMILES string of the molecule is C=Nc1ccc(-c2cc(C)cc(C=O)c2OC(C)C)nc1. The third kappa shape index (κ3) is 3.34. The van der Waals surface area contributed by atoms with Crippen LogP contribution in [0.25, 0.3) is 11.3 Å². The molecular formula is C17H18N2O2. The number of aldehydes is 1. The van der Waals surface area contributed by atoms with Crippen molar-refractivity contribution >= 4 is 18.7 Å². The number of benzene rings is 1. The predicted octanol–water partition coefficient (Wildman–Crippen LogP) is 3.99. The number of carbonyl (C=O) groups is 1. The summed E-state index contributed by atoms with van der Waals surface area (Å²) in [7, 11) is 0. The minimum atomic E-state index is -0.0285. The molecule has 0 N–H and O–H groups in total. The van der Waals surface area contributed by atoms with Gasteiger partial charge in [-0.1, -0.05) is 0 Å². The average Bonchev–Trinajstić information content (AvgIpc) is 2.48. The molecule has 0 aliphatic carbocycles. The second-order valence-electron chi connectivity index (χ2n) is 5.08. The van der Waals surface area contributed by atoms with Crippen LogP contribution in [-0.2, 0) is 0 Å². The molecule has 0 spiro atoms. The van der Waals surface area contributed by atoms with E-state index in [1.807, 2.05) is 45.0 Å². The quantitative estimate of drug-likeness (QED) is 0.615. The van der Waals surface area contributed by atoms with Crippen molar-refractivity contribution in [3.05, 3.63) is 41.6 Å². The highest BCUT2D eigenvalue weighted by Crippen LogP contribution is 2.34. The van der Waals surface area contributed by atoms with E-state index in [-0.39, 0.29) is 6.10 Å². The van der Waals surface area contributed by atoms with E-state index in [4.69, 9.17) is 4.74 Å². The molecule has 1 heterocycles. The maximum Gasteiger partial charge on any atom is 0.153 e. The Labute approximate surface area is 124 Å². The van der Waals surface area contributed by atoms with E-state index in [1.54, 1.807) is 6.20 Å². The Hall–Kier alpha value is -2.49. The van der Waals surface area contributed by atoms with Gasteiger partial charge in [-0.2, -0.15) is 0 Å². The molecule has 4 nitrogen and oxygen atoms in total. The van der Waals surface area contributed by atoms with Crippen molar-refractivity contribution in [3.63, 3.8) is 0 Å². The second kappa shape index (κ2) is 6.31. The Morgan fingerprint density at radius 2 is 2.10 bits per heavy atom. The van der Waals surface area contributed by atoms with Crippen molar-refractivity contribution < 1.29 is 9.53 Å². The van der Waals surface area contributed by atoms with Crippen molar-refractivity contribution in [1.82, 2.24) is 4.98 Å². The summed E-state index contributed by atoms with van der Waals surface area (Å²) in [6.07, 6.45) is 2.43. The molecule has 4 heteroatoms. The van der Waals surface area contributed by atoms with Crippen LogP contribution in [0.4, 0.5) is 5.69 Å². The van der Waals surface area contributed by atoms with Gasteiger partial charge in [-0.3, -0.25) is 14.8 Å². The molecule has 0 atom stereocenters. The van der Waals surface area contributed by atoms with Crippen LogP contribution in [0.5, 0.6) is 5.75 Å². The Morgan fingerprint density at radius 1 is 1.33 bits per heavy atom. The minimum absolute atomic E-state index is 0.0285. The Bertz CT molecular complexity index is 661. The lowest BCUT2D eigenvalue weighted by Crippen LogP contribution is -2.09. The fourth-order valence-electron chi connectivity index (χ4n) is 2.09. The number of carbonyl (C=O) groups excluding carboxylic acids is 1. The molecule has 1 aromatic carbocycles. The third-order valence-corrected chi connectivity index (χ3v) is 2.95. The molecule has 0 bridgehead atoms. The van der Waals surface area contributed by atoms with Crippen LogP contribution in [0.3, 0.4) is 0 Å². The molecule has 2 rings (SSSR count). The van der Waals surface area contributed by atoms with Gasteiger partial charge < -0.3 is 4.74 Å². The summed E-state index contributed by atoms with van der Waals surface area (Å²) in [5.41, 5.74) is 3.77. The normalized spacial score (nSPS) is 10.5. The summed E-state index contributed by atoms with van der Waals surface area (Å²) in [4.78, 5) is 19.5. The van der Waals surface area contributed by atoms with Crippen molar-refractivity contribution in [2.45, 2.75) is 26.9 Å². The number of ether oxygens (including phenoxy) is 1. The molecule has 0 aliphatic heterocycles. The fourth-order valence-corrected chi connectivity index (χ4v) is 2.09. The van der Waals surface area contributed by atoms with Gasteiger partial charge in [-0.05, 0) is 57.3 Å². The highest BCUT2D eigenvalue weighted by Gasteiger charge is 2.15. The molecule has 0 radical (unpaired) electrons. The molecular weight excluding hydrogens is 264 g/mol. The largest absolute Gasteiger partial charge is 0.490 e. The maximum atomic E-state index is 11.3. The molecule has 0 aliphatic rings. The van der Waals surface area contributed by atoms with E-state index >= 15 is 0 Å². The smallest absolute Gasteiger partial charge is 0.153 e. The lowest BCUT2D eigenvalue weighted by molar-refractivity contribution is 0.111. The van der Waals surface area contributed by atoms with Gasteiger partial charge in [0.1, 0.15) is 5.75 Å². The zero-order chi connectivity index (χ0) is 15.4. The molecule has 2 aromatic rings. The molecule has 0 unspecified atom stereocenters. The minimum Gasteiger partial charge on any atom is -0.490 e. The van der Waals surface area contributed by atoms with E-state index in [0.717, 1.165) is 23.1 Å². The van der Waals surface area contributed by atoms with Gasteiger partial charge in [0.2, 0.25) is 0 Å². The van der Waals surface area contributed by atoms with Crippen molar-refractivity contribution in [3.8, 4) is 17.0 Å². The zero-order valence-corrected chi connectivity index (χ0v) is 12.5. The van der Waals surface area contributed by atoms with Gasteiger partial charge >= 0.3 is 0 Å². The Morgan fingerprint density at radius 3 is 2.62 bits per heavy atom. The number of aromatic nitrogens is 1. The number of hydrogen-bond donors (Lipinski definition) is 0. The van der Waals surface area contributed by atoms with Gasteiger partial charge in [0.05, 0.1) is 29.2 Å². The summed E-state index contributed by atoms with van der Waals surface area (Å²) >= 11 is 0. The van der Waals surface area contributed by atoms with Gasteiger partial charge in [0, 0.05) is 5.56 Å². The van der Waals surface area contributed by atoms with E-state index < -0.39 is 0 Å². The third-order valence-electron chi connectivity index (χ3n) is 2.95. The summed E-state index contributed by atoms with van der Waals surface area (Å²) in [5.74, 6) is 0.567. The van der Waals surface area contributed by atoms with Crippen LogP contribution in [0.2, 0.25) is 0 Å². The number of rotatable bonds is 5. The standard InChI is InChI=1S/C17H18N2O2/c1-11(2)21-17-13(10-20)7-12(3)8-15(17)16-6-5-14(18-4)9-19-16/h5-11H,4H2,1-3H3. The zero-order valence-electron chi connectivity index (χ0n) is 12.5. The summed E-state index contributed by atoms with van der Waals surface area (Å²) in [6.45, 7) is 9.26. The van der Waals surface area contributed by atoms with Crippen LogP contribution in [0.1, 0.15) is 29.8 Å². The van der Waals surface area contributed by atoms with E-state index in [0.29, 0.717) is 17.0 Å².